The summed E-state index contributed by atoms with van der Waals surface area (Å²) in [6.45, 7) is 1.77. The highest BCUT2D eigenvalue weighted by atomic mass is 16.5. The van der Waals surface area contributed by atoms with Crippen molar-refractivity contribution < 1.29 is 25.2 Å². The summed E-state index contributed by atoms with van der Waals surface area (Å²) in [6, 6.07) is 0. The highest BCUT2D eigenvalue weighted by molar-refractivity contribution is 4.91. The van der Waals surface area contributed by atoms with Crippen molar-refractivity contribution in [2.24, 2.45) is 0 Å². The van der Waals surface area contributed by atoms with Crippen LogP contribution in [0.1, 0.15) is 39.0 Å². The molecule has 0 amide bonds. The summed E-state index contributed by atoms with van der Waals surface area (Å²) >= 11 is 0. The Bertz CT molecular complexity index is 209. The lowest BCUT2D eigenvalue weighted by atomic mass is 9.92. The van der Waals surface area contributed by atoms with Crippen LogP contribution in [0.25, 0.3) is 0 Å². The van der Waals surface area contributed by atoms with E-state index in [4.69, 9.17) is 9.84 Å². The third kappa shape index (κ3) is 3.89. The van der Waals surface area contributed by atoms with Crippen LogP contribution in [0.5, 0.6) is 0 Å². The Kier molecular flexibility index (Phi) is 6.37. The van der Waals surface area contributed by atoms with Crippen molar-refractivity contribution >= 4 is 0 Å². The predicted molar refractivity (Wildman–Crippen MR) is 62.5 cm³/mol. The third-order valence-electron chi connectivity index (χ3n) is 3.33. The van der Waals surface area contributed by atoms with Gasteiger partial charge in [0.2, 0.25) is 0 Å². The molecule has 0 spiro atoms. The van der Waals surface area contributed by atoms with Crippen LogP contribution in [0, 0.1) is 0 Å². The summed E-state index contributed by atoms with van der Waals surface area (Å²) in [6.07, 6.45) is 0.0515. The molecule has 5 nitrogen and oxygen atoms in total. The molecule has 1 rings (SSSR count). The maximum absolute atomic E-state index is 9.76. The average Bonchev–Trinajstić information content (AvgIpc) is 2.34. The lowest BCUT2D eigenvalue weighted by Crippen LogP contribution is -2.58. The molecule has 0 aromatic heterocycles. The maximum Gasteiger partial charge on any atom is 0.111 e. The molecule has 0 saturated carbocycles. The first-order chi connectivity index (χ1) is 8.11. The molecule has 5 unspecified atom stereocenters. The van der Waals surface area contributed by atoms with Crippen LogP contribution in [0.4, 0.5) is 0 Å². The van der Waals surface area contributed by atoms with E-state index in [1.165, 1.54) is 0 Å². The Hall–Kier alpha value is -0.200. The Labute approximate surface area is 102 Å². The summed E-state index contributed by atoms with van der Waals surface area (Å²) in [5.74, 6) is 0. The van der Waals surface area contributed by atoms with Crippen LogP contribution >= 0.6 is 0 Å². The Morgan fingerprint density at radius 1 is 0.882 bits per heavy atom. The second kappa shape index (κ2) is 7.28. The molecule has 0 aromatic carbocycles. The summed E-state index contributed by atoms with van der Waals surface area (Å²) in [4.78, 5) is 0. The van der Waals surface area contributed by atoms with E-state index in [0.29, 0.717) is 6.42 Å². The van der Waals surface area contributed by atoms with Crippen molar-refractivity contribution in [2.75, 3.05) is 6.61 Å². The quantitative estimate of drug-likeness (QED) is 0.489. The molecule has 1 aliphatic rings. The second-order valence-electron chi connectivity index (χ2n) is 4.72. The van der Waals surface area contributed by atoms with Gasteiger partial charge in [-0.25, -0.2) is 0 Å². The highest BCUT2D eigenvalue weighted by Crippen LogP contribution is 2.24. The van der Waals surface area contributed by atoms with Crippen molar-refractivity contribution in [1.29, 1.82) is 0 Å². The Morgan fingerprint density at radius 2 is 1.53 bits per heavy atom. The van der Waals surface area contributed by atoms with Gasteiger partial charge in [0.1, 0.15) is 24.4 Å². The normalized spacial score (nSPS) is 38.3. The summed E-state index contributed by atoms with van der Waals surface area (Å²) < 4.78 is 5.40. The lowest BCUT2D eigenvalue weighted by Gasteiger charge is -2.40. The van der Waals surface area contributed by atoms with Crippen LogP contribution in [0.15, 0.2) is 0 Å². The zero-order valence-electron chi connectivity index (χ0n) is 10.3. The first kappa shape index (κ1) is 14.9. The lowest BCUT2D eigenvalue weighted by molar-refractivity contribution is -0.230. The SMILES string of the molecule is CCCCCCC1OC(CO)C(O)C(O)C1O. The van der Waals surface area contributed by atoms with Crippen molar-refractivity contribution in [1.82, 2.24) is 0 Å². The molecular formula is C12H24O5. The minimum Gasteiger partial charge on any atom is -0.394 e. The fourth-order valence-corrected chi connectivity index (χ4v) is 2.19. The fourth-order valence-electron chi connectivity index (χ4n) is 2.19. The minimum atomic E-state index is -1.24. The first-order valence-electron chi connectivity index (χ1n) is 6.42. The van der Waals surface area contributed by atoms with Gasteiger partial charge in [-0.05, 0) is 6.42 Å². The van der Waals surface area contributed by atoms with Gasteiger partial charge in [-0.1, -0.05) is 32.6 Å². The van der Waals surface area contributed by atoms with Gasteiger partial charge >= 0.3 is 0 Å². The Balaban J connectivity index is 2.42. The Morgan fingerprint density at radius 3 is 2.12 bits per heavy atom. The summed E-state index contributed by atoms with van der Waals surface area (Å²) in [5, 5.41) is 37.9. The van der Waals surface area contributed by atoms with Gasteiger partial charge in [-0.15, -0.1) is 0 Å². The molecular weight excluding hydrogens is 224 g/mol. The van der Waals surface area contributed by atoms with Gasteiger partial charge in [0, 0.05) is 0 Å². The molecule has 0 aromatic rings. The third-order valence-corrected chi connectivity index (χ3v) is 3.33. The molecule has 5 atom stereocenters. The molecule has 0 aliphatic carbocycles. The molecule has 102 valence electrons. The predicted octanol–water partition coefficient (Wildman–Crippen LogP) is -0.201. The van der Waals surface area contributed by atoms with E-state index in [2.05, 4.69) is 6.92 Å². The molecule has 0 bridgehead atoms. The van der Waals surface area contributed by atoms with Gasteiger partial charge in [0.15, 0.2) is 0 Å². The van der Waals surface area contributed by atoms with Crippen molar-refractivity contribution in [3.8, 4) is 0 Å². The van der Waals surface area contributed by atoms with E-state index in [1.54, 1.807) is 0 Å². The number of rotatable bonds is 6. The molecule has 1 fully saturated rings. The largest absolute Gasteiger partial charge is 0.394 e. The zero-order chi connectivity index (χ0) is 12.8. The molecule has 1 saturated heterocycles. The number of hydrogen-bond donors (Lipinski definition) is 4. The molecule has 5 heteroatoms. The van der Waals surface area contributed by atoms with Crippen LogP contribution in [-0.4, -0.2) is 57.6 Å². The van der Waals surface area contributed by atoms with Gasteiger partial charge in [0.25, 0.3) is 0 Å². The van der Waals surface area contributed by atoms with Crippen molar-refractivity contribution in [3.63, 3.8) is 0 Å². The number of ether oxygens (including phenoxy) is 1. The maximum atomic E-state index is 9.76. The fraction of sp³-hybridized carbons (Fsp3) is 1.00. The number of unbranched alkanes of at least 4 members (excludes halogenated alkanes) is 3. The van der Waals surface area contributed by atoms with E-state index >= 15 is 0 Å². The number of aliphatic hydroxyl groups is 4. The molecule has 4 N–H and O–H groups in total. The second-order valence-corrected chi connectivity index (χ2v) is 4.72. The standard InChI is InChI=1S/C12H24O5/c1-2-3-4-5-6-8-10(14)12(16)11(15)9(7-13)17-8/h8-16H,2-7H2,1H3. The van der Waals surface area contributed by atoms with Gasteiger partial charge in [0.05, 0.1) is 12.7 Å². The van der Waals surface area contributed by atoms with E-state index < -0.39 is 30.5 Å². The minimum absolute atomic E-state index is 0.351. The van der Waals surface area contributed by atoms with Crippen molar-refractivity contribution in [3.05, 3.63) is 0 Å². The van der Waals surface area contributed by atoms with Crippen LogP contribution in [0.3, 0.4) is 0 Å². The number of aliphatic hydroxyl groups excluding tert-OH is 4. The smallest absolute Gasteiger partial charge is 0.111 e. The van der Waals surface area contributed by atoms with Crippen LogP contribution in [-0.2, 0) is 4.74 Å². The van der Waals surface area contributed by atoms with Gasteiger partial charge < -0.3 is 25.2 Å². The monoisotopic (exact) mass is 248 g/mol. The summed E-state index contributed by atoms with van der Waals surface area (Å²) in [7, 11) is 0. The van der Waals surface area contributed by atoms with Crippen LogP contribution < -0.4 is 0 Å². The molecule has 1 heterocycles. The van der Waals surface area contributed by atoms with E-state index in [0.717, 1.165) is 25.7 Å². The first-order valence-corrected chi connectivity index (χ1v) is 6.42. The molecule has 1 aliphatic heterocycles. The van der Waals surface area contributed by atoms with Gasteiger partial charge in [-0.2, -0.15) is 0 Å². The zero-order valence-corrected chi connectivity index (χ0v) is 10.3. The molecule has 17 heavy (non-hydrogen) atoms. The van der Waals surface area contributed by atoms with E-state index in [1.807, 2.05) is 0 Å². The average molecular weight is 248 g/mol. The topological polar surface area (TPSA) is 90.2 Å². The van der Waals surface area contributed by atoms with E-state index in [-0.39, 0.29) is 6.61 Å². The highest BCUT2D eigenvalue weighted by Gasteiger charge is 2.42. The molecule has 0 radical (unpaired) electrons. The van der Waals surface area contributed by atoms with Gasteiger partial charge in [-0.3, -0.25) is 0 Å². The number of hydrogen-bond acceptors (Lipinski definition) is 5. The van der Waals surface area contributed by atoms with E-state index in [9.17, 15) is 15.3 Å². The van der Waals surface area contributed by atoms with Crippen molar-refractivity contribution in [2.45, 2.75) is 69.5 Å². The van der Waals surface area contributed by atoms with Crippen LogP contribution in [0.2, 0.25) is 0 Å². The summed E-state index contributed by atoms with van der Waals surface area (Å²) in [5.41, 5.74) is 0.